The van der Waals surface area contributed by atoms with E-state index in [9.17, 15) is 4.79 Å². The van der Waals surface area contributed by atoms with Gasteiger partial charge >= 0.3 is 0 Å². The molecule has 20 heavy (non-hydrogen) atoms. The lowest BCUT2D eigenvalue weighted by Crippen LogP contribution is -1.98. The van der Waals surface area contributed by atoms with E-state index >= 15 is 0 Å². The minimum Gasteiger partial charge on any atom is -0.298 e. The second-order valence-corrected chi connectivity index (χ2v) is 6.01. The first-order chi connectivity index (χ1) is 9.49. The summed E-state index contributed by atoms with van der Waals surface area (Å²) in [5.74, 6) is 1.32. The van der Waals surface area contributed by atoms with Crippen molar-refractivity contribution in [1.29, 1.82) is 0 Å². The molecule has 1 aromatic carbocycles. The molecule has 2 aromatic rings. The van der Waals surface area contributed by atoms with Crippen LogP contribution in [0.5, 0.6) is 0 Å². The van der Waals surface area contributed by atoms with E-state index in [1.165, 1.54) is 28.5 Å². The number of aryl methyl sites for hydroxylation is 3. The number of hydrogen-bond acceptors (Lipinski definition) is 4. The molecule has 0 aliphatic carbocycles. The molecule has 0 aliphatic rings. The van der Waals surface area contributed by atoms with Gasteiger partial charge < -0.3 is 0 Å². The Morgan fingerprint density at radius 2 is 1.80 bits per heavy atom. The quantitative estimate of drug-likeness (QED) is 0.483. The number of nitrogens with zero attached hydrogens (tertiary/aromatic N) is 2. The van der Waals surface area contributed by atoms with Crippen LogP contribution in [0.2, 0.25) is 5.15 Å². The molecule has 0 aliphatic heterocycles. The summed E-state index contributed by atoms with van der Waals surface area (Å²) in [7, 11) is 0. The topological polar surface area (TPSA) is 42.9 Å². The molecule has 0 saturated heterocycles. The van der Waals surface area contributed by atoms with Crippen molar-refractivity contribution < 1.29 is 4.79 Å². The molecular weight excluding hydrogens is 292 g/mol. The van der Waals surface area contributed by atoms with Crippen molar-refractivity contribution in [2.24, 2.45) is 0 Å². The third kappa shape index (κ3) is 3.58. The third-order valence-corrected chi connectivity index (χ3v) is 4.10. The van der Waals surface area contributed by atoms with Gasteiger partial charge in [0.05, 0.1) is 5.56 Å². The van der Waals surface area contributed by atoms with Gasteiger partial charge in [0.2, 0.25) is 0 Å². The zero-order valence-corrected chi connectivity index (χ0v) is 13.2. The van der Waals surface area contributed by atoms with Crippen molar-refractivity contribution >= 4 is 29.6 Å². The summed E-state index contributed by atoms with van der Waals surface area (Å²) in [6.45, 7) is 5.91. The van der Waals surface area contributed by atoms with Crippen molar-refractivity contribution in [3.63, 3.8) is 0 Å². The number of halogens is 1. The number of carbonyl (C=O) groups excluding carboxylic acids is 1. The molecule has 1 aromatic heterocycles. The number of thioether (sulfide) groups is 1. The SMILES string of the molecule is Cc1cc(C)cc(CSc2nc(C)nc(Cl)c2C=O)c1. The molecule has 2 rings (SSSR count). The van der Waals surface area contributed by atoms with Crippen molar-refractivity contribution in [3.05, 3.63) is 51.4 Å². The number of aldehydes is 1. The number of rotatable bonds is 4. The van der Waals surface area contributed by atoms with E-state index in [1.54, 1.807) is 6.92 Å². The Balaban J connectivity index is 2.24. The molecule has 5 heteroatoms. The molecule has 0 amide bonds. The molecule has 1 heterocycles. The van der Waals surface area contributed by atoms with Crippen LogP contribution in [0, 0.1) is 20.8 Å². The second-order valence-electron chi connectivity index (χ2n) is 4.68. The summed E-state index contributed by atoms with van der Waals surface area (Å²) in [6.07, 6.45) is 0.714. The summed E-state index contributed by atoms with van der Waals surface area (Å²) < 4.78 is 0. The highest BCUT2D eigenvalue weighted by Crippen LogP contribution is 2.27. The Labute approximate surface area is 127 Å². The fourth-order valence-corrected chi connectivity index (χ4v) is 3.32. The average molecular weight is 307 g/mol. The van der Waals surface area contributed by atoms with Crippen molar-refractivity contribution in [2.45, 2.75) is 31.6 Å². The smallest absolute Gasteiger partial charge is 0.155 e. The molecular formula is C15H15ClN2OS. The van der Waals surface area contributed by atoms with Gasteiger partial charge in [0.15, 0.2) is 6.29 Å². The van der Waals surface area contributed by atoms with Crippen LogP contribution in [0.3, 0.4) is 0 Å². The van der Waals surface area contributed by atoms with E-state index in [1.807, 2.05) is 0 Å². The zero-order chi connectivity index (χ0) is 14.7. The minimum absolute atomic E-state index is 0.218. The van der Waals surface area contributed by atoms with Gasteiger partial charge in [0.1, 0.15) is 16.0 Å². The Kier molecular flexibility index (Phi) is 4.78. The monoisotopic (exact) mass is 306 g/mol. The van der Waals surface area contributed by atoms with E-state index in [0.29, 0.717) is 22.7 Å². The van der Waals surface area contributed by atoms with Gasteiger partial charge in [-0.2, -0.15) is 0 Å². The molecule has 0 bridgehead atoms. The maximum absolute atomic E-state index is 11.1. The Morgan fingerprint density at radius 1 is 1.15 bits per heavy atom. The van der Waals surface area contributed by atoms with Gasteiger partial charge in [0.25, 0.3) is 0 Å². The second kappa shape index (κ2) is 6.37. The summed E-state index contributed by atoms with van der Waals surface area (Å²) >= 11 is 7.47. The van der Waals surface area contributed by atoms with E-state index in [0.717, 1.165) is 5.75 Å². The number of carbonyl (C=O) groups is 1. The molecule has 0 radical (unpaired) electrons. The van der Waals surface area contributed by atoms with Crippen LogP contribution in [-0.2, 0) is 5.75 Å². The third-order valence-electron chi connectivity index (χ3n) is 2.75. The van der Waals surface area contributed by atoms with Crippen LogP contribution in [0.25, 0.3) is 0 Å². The lowest BCUT2D eigenvalue weighted by Gasteiger charge is -2.08. The Hall–Kier alpha value is -1.39. The largest absolute Gasteiger partial charge is 0.298 e. The molecule has 0 fully saturated rings. The van der Waals surface area contributed by atoms with Gasteiger partial charge in [0, 0.05) is 5.75 Å². The van der Waals surface area contributed by atoms with E-state index in [2.05, 4.69) is 42.0 Å². The molecule has 0 N–H and O–H groups in total. The van der Waals surface area contributed by atoms with Gasteiger partial charge in [-0.1, -0.05) is 40.9 Å². The average Bonchev–Trinajstić information content (AvgIpc) is 2.34. The number of hydrogen-bond donors (Lipinski definition) is 0. The molecule has 0 spiro atoms. The molecule has 0 saturated carbocycles. The number of aromatic nitrogens is 2. The van der Waals surface area contributed by atoms with Crippen molar-refractivity contribution in [1.82, 2.24) is 9.97 Å². The Bertz CT molecular complexity index is 638. The van der Waals surface area contributed by atoms with Gasteiger partial charge in [-0.05, 0) is 26.3 Å². The first-order valence-corrected chi connectivity index (χ1v) is 7.55. The van der Waals surface area contributed by atoms with Gasteiger partial charge in [-0.25, -0.2) is 9.97 Å². The summed E-state index contributed by atoms with van der Waals surface area (Å²) in [6, 6.07) is 6.41. The maximum Gasteiger partial charge on any atom is 0.155 e. The molecule has 104 valence electrons. The van der Waals surface area contributed by atoms with Crippen molar-refractivity contribution in [3.8, 4) is 0 Å². The first-order valence-electron chi connectivity index (χ1n) is 6.19. The maximum atomic E-state index is 11.1. The Morgan fingerprint density at radius 3 is 2.40 bits per heavy atom. The fourth-order valence-electron chi connectivity index (χ4n) is 2.04. The highest BCUT2D eigenvalue weighted by molar-refractivity contribution is 7.98. The van der Waals surface area contributed by atoms with Crippen LogP contribution >= 0.6 is 23.4 Å². The standard InChI is InChI=1S/C15H15ClN2OS/c1-9-4-10(2)6-12(5-9)8-20-15-13(7-19)14(16)17-11(3)18-15/h4-7H,8H2,1-3H3. The van der Waals surface area contributed by atoms with Gasteiger partial charge in [-0.3, -0.25) is 4.79 Å². The predicted octanol–water partition coefficient (Wildman–Crippen LogP) is 4.16. The minimum atomic E-state index is 0.218. The van der Waals surface area contributed by atoms with Crippen LogP contribution in [0.4, 0.5) is 0 Å². The summed E-state index contributed by atoms with van der Waals surface area (Å²) in [4.78, 5) is 19.4. The highest BCUT2D eigenvalue weighted by atomic mass is 35.5. The highest BCUT2D eigenvalue weighted by Gasteiger charge is 2.11. The molecule has 3 nitrogen and oxygen atoms in total. The van der Waals surface area contributed by atoms with Crippen LogP contribution < -0.4 is 0 Å². The summed E-state index contributed by atoms with van der Waals surface area (Å²) in [5.41, 5.74) is 4.03. The van der Waals surface area contributed by atoms with Crippen molar-refractivity contribution in [2.75, 3.05) is 0 Å². The van der Waals surface area contributed by atoms with Crippen LogP contribution in [0.1, 0.15) is 32.9 Å². The normalized spacial score (nSPS) is 10.6. The lowest BCUT2D eigenvalue weighted by molar-refractivity contribution is 0.112. The van der Waals surface area contributed by atoms with Gasteiger partial charge in [-0.15, -0.1) is 11.8 Å². The van der Waals surface area contributed by atoms with E-state index in [-0.39, 0.29) is 5.15 Å². The predicted molar refractivity (Wildman–Crippen MR) is 82.6 cm³/mol. The van der Waals surface area contributed by atoms with E-state index < -0.39 is 0 Å². The first kappa shape index (κ1) is 15.0. The molecule has 0 unspecified atom stereocenters. The fraction of sp³-hybridized carbons (Fsp3) is 0.267. The van der Waals surface area contributed by atoms with E-state index in [4.69, 9.17) is 11.6 Å². The van der Waals surface area contributed by atoms with Crippen LogP contribution in [0.15, 0.2) is 23.2 Å². The van der Waals surface area contributed by atoms with Crippen LogP contribution in [-0.4, -0.2) is 16.3 Å². The lowest BCUT2D eigenvalue weighted by atomic mass is 10.1. The number of benzene rings is 1. The molecule has 0 atom stereocenters. The zero-order valence-electron chi connectivity index (χ0n) is 11.6. The summed E-state index contributed by atoms with van der Waals surface area (Å²) in [5, 5.41) is 0.854.